The van der Waals surface area contributed by atoms with Crippen LogP contribution in [0.15, 0.2) is 65.4 Å². The number of aliphatic imine (C=N–C) groups is 1. The van der Waals surface area contributed by atoms with Crippen LogP contribution in [-0.2, 0) is 6.54 Å². The summed E-state index contributed by atoms with van der Waals surface area (Å²) in [5.41, 5.74) is 2.15. The maximum Gasteiger partial charge on any atom is 0.328 e. The zero-order valence-corrected chi connectivity index (χ0v) is 17.6. The molecule has 166 valence electrons. The van der Waals surface area contributed by atoms with Gasteiger partial charge in [-0.1, -0.05) is 23.7 Å². The summed E-state index contributed by atoms with van der Waals surface area (Å²) in [5.74, 6) is 1.04. The molecule has 1 saturated heterocycles. The highest BCUT2D eigenvalue weighted by molar-refractivity contribution is 6.30. The molecule has 1 unspecified atom stereocenters. The Morgan fingerprint density at radius 1 is 1.16 bits per heavy atom. The summed E-state index contributed by atoms with van der Waals surface area (Å²) >= 11 is 5.93. The second-order valence-electron chi connectivity index (χ2n) is 7.02. The van der Waals surface area contributed by atoms with Gasteiger partial charge in [0.15, 0.2) is 6.29 Å². The number of hydrogen-bond donors (Lipinski definition) is 5. The van der Waals surface area contributed by atoms with Gasteiger partial charge in [0, 0.05) is 10.7 Å². The van der Waals surface area contributed by atoms with Crippen molar-refractivity contribution in [3.8, 4) is 5.75 Å². The van der Waals surface area contributed by atoms with Crippen LogP contribution < -0.4 is 26.0 Å². The van der Waals surface area contributed by atoms with Crippen molar-refractivity contribution < 1.29 is 19.4 Å². The van der Waals surface area contributed by atoms with Crippen LogP contribution >= 0.6 is 11.6 Å². The molecule has 1 atom stereocenters. The van der Waals surface area contributed by atoms with Crippen LogP contribution in [0.5, 0.6) is 5.75 Å². The number of aliphatic hydroxyl groups excluding tert-OH is 1. The first-order valence-corrected chi connectivity index (χ1v) is 10.2. The summed E-state index contributed by atoms with van der Waals surface area (Å²) in [5, 5.41) is 20.8. The number of nitrogens with zero attached hydrogens (tertiary/aromatic N) is 2. The monoisotopic (exact) mass is 456 g/mol. The molecule has 0 radical (unpaired) electrons. The number of amides is 4. The van der Waals surface area contributed by atoms with Gasteiger partial charge in [-0.3, -0.25) is 15.5 Å². The first-order valence-electron chi connectivity index (χ1n) is 9.77. The third-order valence-corrected chi connectivity index (χ3v) is 4.97. The highest BCUT2D eigenvalue weighted by atomic mass is 35.5. The first kappa shape index (κ1) is 21.5. The lowest BCUT2D eigenvalue weighted by atomic mass is 10.2. The van der Waals surface area contributed by atoms with Gasteiger partial charge in [-0.15, -0.1) is 0 Å². The average molecular weight is 457 g/mol. The number of halogens is 1. The largest absolute Gasteiger partial charge is 0.441 e. The van der Waals surface area contributed by atoms with Crippen LogP contribution in [0.3, 0.4) is 0 Å². The standard InChI is InChI=1S/C21H21ClN6O4/c22-14-3-1-13(2-4-14)11-28-19(26-20(30)27-21(28)31)25-15-5-7-17(8-6-15)32-18-10-23-16(12-29)9-24-18/h1-9,19,23,25,29H,10-12H2,(H2,26,27,30,31). The van der Waals surface area contributed by atoms with E-state index in [-0.39, 0.29) is 13.2 Å². The van der Waals surface area contributed by atoms with E-state index >= 15 is 0 Å². The number of nitrogens with one attached hydrogen (secondary N) is 4. The number of carbonyl (C=O) groups is 2. The van der Waals surface area contributed by atoms with Crippen LogP contribution in [0.2, 0.25) is 5.02 Å². The summed E-state index contributed by atoms with van der Waals surface area (Å²) in [6.45, 7) is 0.523. The van der Waals surface area contributed by atoms with Gasteiger partial charge in [0.25, 0.3) is 0 Å². The molecule has 0 bridgehead atoms. The van der Waals surface area contributed by atoms with E-state index in [2.05, 4.69) is 26.3 Å². The van der Waals surface area contributed by atoms with E-state index in [0.717, 1.165) is 5.56 Å². The van der Waals surface area contributed by atoms with Crippen molar-refractivity contribution in [3.63, 3.8) is 0 Å². The van der Waals surface area contributed by atoms with E-state index in [1.165, 1.54) is 11.1 Å². The predicted molar refractivity (Wildman–Crippen MR) is 119 cm³/mol. The van der Waals surface area contributed by atoms with Crippen molar-refractivity contribution in [2.75, 3.05) is 18.5 Å². The minimum absolute atomic E-state index is 0.109. The summed E-state index contributed by atoms with van der Waals surface area (Å²) in [7, 11) is 0. The smallest absolute Gasteiger partial charge is 0.328 e. The Balaban J connectivity index is 1.43. The Morgan fingerprint density at radius 2 is 1.91 bits per heavy atom. The molecule has 10 nitrogen and oxygen atoms in total. The maximum absolute atomic E-state index is 12.4. The normalized spacial score (nSPS) is 18.1. The number of hydrogen-bond acceptors (Lipinski definition) is 7. The summed E-state index contributed by atoms with van der Waals surface area (Å²) in [4.78, 5) is 29.9. The van der Waals surface area contributed by atoms with Crippen LogP contribution in [0.1, 0.15) is 5.56 Å². The SMILES string of the molecule is O=C1NC(=O)N(Cc2ccc(Cl)cc2)C(Nc2ccc(OC3=NC=C(CO)NC3)cc2)N1. The lowest BCUT2D eigenvalue weighted by Crippen LogP contribution is -2.65. The number of rotatable bonds is 6. The van der Waals surface area contributed by atoms with Gasteiger partial charge in [-0.2, -0.15) is 0 Å². The number of aliphatic hydroxyl groups is 1. The van der Waals surface area contributed by atoms with Gasteiger partial charge in [0.05, 0.1) is 31.6 Å². The number of benzene rings is 2. The number of anilines is 1. The Morgan fingerprint density at radius 3 is 2.56 bits per heavy atom. The zero-order valence-electron chi connectivity index (χ0n) is 16.8. The zero-order chi connectivity index (χ0) is 22.5. The lowest BCUT2D eigenvalue weighted by molar-refractivity contribution is 0.149. The molecule has 0 aromatic heterocycles. The second kappa shape index (κ2) is 9.58. The molecule has 2 aromatic carbocycles. The predicted octanol–water partition coefficient (Wildman–Crippen LogP) is 2.18. The van der Waals surface area contributed by atoms with E-state index in [1.54, 1.807) is 36.4 Å². The fraction of sp³-hybridized carbons (Fsp3) is 0.190. The topological polar surface area (TPSA) is 127 Å². The van der Waals surface area contributed by atoms with Crippen LogP contribution in [0, 0.1) is 0 Å². The molecule has 4 rings (SSSR count). The number of ether oxygens (including phenoxy) is 1. The molecule has 5 N–H and O–H groups in total. The van der Waals surface area contributed by atoms with Crippen molar-refractivity contribution in [1.29, 1.82) is 0 Å². The van der Waals surface area contributed by atoms with E-state index in [0.29, 0.717) is 34.6 Å². The van der Waals surface area contributed by atoms with Gasteiger partial charge in [-0.25, -0.2) is 14.6 Å². The molecule has 2 aliphatic rings. The lowest BCUT2D eigenvalue weighted by Gasteiger charge is -2.36. The molecule has 1 fully saturated rings. The molecule has 2 heterocycles. The number of imide groups is 1. The molecule has 0 spiro atoms. The minimum Gasteiger partial charge on any atom is -0.441 e. The number of carbonyl (C=O) groups excluding carboxylic acids is 2. The van der Waals surface area contributed by atoms with E-state index < -0.39 is 18.4 Å². The highest BCUT2D eigenvalue weighted by Crippen LogP contribution is 2.19. The number of urea groups is 2. The van der Waals surface area contributed by atoms with E-state index in [4.69, 9.17) is 21.4 Å². The van der Waals surface area contributed by atoms with Gasteiger partial charge >= 0.3 is 12.1 Å². The van der Waals surface area contributed by atoms with Gasteiger partial charge in [0.2, 0.25) is 5.90 Å². The first-order chi connectivity index (χ1) is 15.5. The summed E-state index contributed by atoms with van der Waals surface area (Å²) < 4.78 is 5.72. The Bertz CT molecular complexity index is 1050. The van der Waals surface area contributed by atoms with Crippen molar-refractivity contribution in [2.45, 2.75) is 12.8 Å². The molecular weight excluding hydrogens is 436 g/mol. The summed E-state index contributed by atoms with van der Waals surface area (Å²) in [6.07, 6.45) is 0.758. The Kier molecular flexibility index (Phi) is 6.43. The maximum atomic E-state index is 12.4. The molecule has 4 amide bonds. The molecule has 0 aliphatic carbocycles. The summed E-state index contributed by atoms with van der Waals surface area (Å²) in [6, 6.07) is 13.0. The molecule has 32 heavy (non-hydrogen) atoms. The molecule has 0 saturated carbocycles. The van der Waals surface area contributed by atoms with Crippen LogP contribution in [0.25, 0.3) is 0 Å². The van der Waals surface area contributed by atoms with Gasteiger partial charge in [-0.05, 0) is 42.0 Å². The Hall–Kier alpha value is -3.76. The van der Waals surface area contributed by atoms with Crippen molar-refractivity contribution in [1.82, 2.24) is 20.9 Å². The van der Waals surface area contributed by atoms with Crippen molar-refractivity contribution in [3.05, 3.63) is 71.0 Å². The van der Waals surface area contributed by atoms with E-state index in [9.17, 15) is 9.59 Å². The van der Waals surface area contributed by atoms with Gasteiger partial charge < -0.3 is 20.5 Å². The van der Waals surface area contributed by atoms with Crippen LogP contribution in [0.4, 0.5) is 15.3 Å². The third kappa shape index (κ3) is 5.29. The van der Waals surface area contributed by atoms with Crippen molar-refractivity contribution >= 4 is 35.2 Å². The molecule has 11 heteroatoms. The van der Waals surface area contributed by atoms with E-state index in [1.807, 2.05) is 12.1 Å². The molecular formula is C21H21ClN6O4. The molecule has 2 aromatic rings. The fourth-order valence-corrected chi connectivity index (χ4v) is 3.22. The van der Waals surface area contributed by atoms with Crippen LogP contribution in [-0.4, -0.2) is 47.4 Å². The van der Waals surface area contributed by atoms with Gasteiger partial charge in [0.1, 0.15) is 5.75 Å². The molecule has 2 aliphatic heterocycles. The van der Waals surface area contributed by atoms with Crippen molar-refractivity contribution in [2.24, 2.45) is 4.99 Å². The fourth-order valence-electron chi connectivity index (χ4n) is 3.09. The third-order valence-electron chi connectivity index (χ3n) is 4.72. The second-order valence-corrected chi connectivity index (χ2v) is 7.46. The average Bonchev–Trinajstić information content (AvgIpc) is 2.79. The quantitative estimate of drug-likeness (QED) is 0.453. The highest BCUT2D eigenvalue weighted by Gasteiger charge is 2.31. The minimum atomic E-state index is -0.757. The Labute approximate surface area is 188 Å².